The highest BCUT2D eigenvalue weighted by atomic mass is 16.3. The molecule has 2 aliphatic heterocycles. The van der Waals surface area contributed by atoms with Crippen molar-refractivity contribution >= 4 is 43.1 Å². The van der Waals surface area contributed by atoms with Gasteiger partial charge in [0.25, 0.3) is 33.4 Å². The van der Waals surface area contributed by atoms with Gasteiger partial charge in [0.1, 0.15) is 0 Å². The first kappa shape index (κ1) is 49.8. The van der Waals surface area contributed by atoms with Crippen molar-refractivity contribution in [3.8, 4) is 34.0 Å². The fourth-order valence-electron chi connectivity index (χ4n) is 9.99. The summed E-state index contributed by atoms with van der Waals surface area (Å²) >= 11 is 0. The van der Waals surface area contributed by atoms with Crippen molar-refractivity contribution in [1.29, 1.82) is 0 Å². The Balaban J connectivity index is 1.22. The Kier molecular flexibility index (Phi) is 14.5. The lowest BCUT2D eigenvalue weighted by atomic mass is 9.90. The first-order valence-electron chi connectivity index (χ1n) is 24.1. The fraction of sp³-hybridized carbons (Fsp3) is 0.462. The van der Waals surface area contributed by atoms with Gasteiger partial charge < -0.3 is 29.8 Å². The summed E-state index contributed by atoms with van der Waals surface area (Å²) in [6.45, 7) is 4.00. The first-order valence-corrected chi connectivity index (χ1v) is 24.1. The number of nitrogens with zero attached hydrogens (tertiary/aromatic N) is 10. The maximum absolute atomic E-state index is 14.5. The number of hydrogen-bond acceptors (Lipinski definition) is 14. The Bertz CT molecular complexity index is 3410. The van der Waals surface area contributed by atoms with E-state index < -0.39 is 33.4 Å². The van der Waals surface area contributed by atoms with Crippen LogP contribution in [0.4, 0.5) is 0 Å². The number of aromatic hydroxyl groups is 2. The number of benzene rings is 4. The molecule has 2 aromatic carbocycles. The van der Waals surface area contributed by atoms with Crippen LogP contribution in [0, 0.1) is 0 Å². The second-order valence-corrected chi connectivity index (χ2v) is 19.6. The molecule has 4 aliphatic rings. The van der Waals surface area contributed by atoms with Gasteiger partial charge in [0.2, 0.25) is 11.8 Å². The molecule has 2 N–H and O–H groups in total. The molecule has 4 heterocycles. The van der Waals surface area contributed by atoms with Crippen molar-refractivity contribution in [2.24, 2.45) is 9.98 Å². The van der Waals surface area contributed by atoms with Gasteiger partial charge in [-0.25, -0.2) is 0 Å². The van der Waals surface area contributed by atoms with Crippen LogP contribution in [0.1, 0.15) is 38.5 Å². The molecular weight excluding hydrogens is 893 g/mol. The van der Waals surface area contributed by atoms with Gasteiger partial charge in [-0.1, -0.05) is 0 Å². The van der Waals surface area contributed by atoms with Crippen molar-refractivity contribution in [2.75, 3.05) is 95.6 Å². The van der Waals surface area contributed by atoms with Gasteiger partial charge in [-0.05, 0) is 157 Å². The smallest absolute Gasteiger partial charge is 0.263 e. The molecule has 370 valence electrons. The van der Waals surface area contributed by atoms with Gasteiger partial charge >= 0.3 is 0 Å². The summed E-state index contributed by atoms with van der Waals surface area (Å²) in [5, 5.41) is 26.2. The lowest BCUT2D eigenvalue weighted by Crippen LogP contribution is -2.37. The third kappa shape index (κ3) is 9.16. The van der Waals surface area contributed by atoms with Crippen molar-refractivity contribution in [1.82, 2.24) is 37.9 Å². The minimum absolute atomic E-state index is 0.204. The molecule has 0 saturated carbocycles. The van der Waals surface area contributed by atoms with Crippen molar-refractivity contribution in [3.63, 3.8) is 0 Å². The van der Waals surface area contributed by atoms with Gasteiger partial charge in [-0.3, -0.25) is 57.0 Å². The molecule has 70 heavy (non-hydrogen) atoms. The molecule has 0 atom stereocenters. The quantitative estimate of drug-likeness (QED) is 0.0787. The second kappa shape index (κ2) is 20.4. The molecule has 0 saturated heterocycles. The Labute approximate surface area is 403 Å². The van der Waals surface area contributed by atoms with Crippen molar-refractivity contribution in [2.45, 2.75) is 64.7 Å². The third-order valence-corrected chi connectivity index (χ3v) is 13.4. The molecule has 8 rings (SSSR count). The maximum Gasteiger partial charge on any atom is 0.263 e. The molecule has 0 spiro atoms. The summed E-state index contributed by atoms with van der Waals surface area (Å²) in [5.41, 5.74) is -1.66. The highest BCUT2D eigenvalue weighted by Gasteiger charge is 2.29. The third-order valence-electron chi connectivity index (χ3n) is 13.4. The van der Waals surface area contributed by atoms with E-state index in [1.54, 1.807) is 36.4 Å². The largest absolute Gasteiger partial charge is 0.494 e. The normalized spacial score (nSPS) is 13.2. The predicted molar refractivity (Wildman–Crippen MR) is 277 cm³/mol. The molecule has 0 unspecified atom stereocenters. The lowest BCUT2D eigenvalue weighted by Gasteiger charge is -2.20. The van der Waals surface area contributed by atoms with Gasteiger partial charge in [0.15, 0.2) is 0 Å². The van der Waals surface area contributed by atoms with Gasteiger partial charge in [-0.2, -0.15) is 0 Å². The number of rotatable bonds is 21. The van der Waals surface area contributed by atoms with Crippen LogP contribution in [0.15, 0.2) is 75.2 Å². The summed E-state index contributed by atoms with van der Waals surface area (Å²) in [5.74, 6) is -0.473. The molecule has 0 radical (unpaired) electrons. The van der Waals surface area contributed by atoms with E-state index in [9.17, 15) is 39.0 Å². The molecule has 2 aromatic heterocycles. The van der Waals surface area contributed by atoms with E-state index in [2.05, 4.69) is 0 Å². The second-order valence-electron chi connectivity index (χ2n) is 19.6. The van der Waals surface area contributed by atoms with Crippen LogP contribution in [0.5, 0.6) is 11.8 Å². The van der Waals surface area contributed by atoms with Crippen LogP contribution < -0.4 is 44.1 Å². The SMILES string of the molecule is CN(C)CCCn1c(O)c2ccc3c4c2c(c(=NCCCCN=c2cc5c(=O)n(CCCN(C)C)c(=O)c6ccc7c(O)n(CCCN(C)C)c(=O)c2c7c6-5)cc-4c(=O)n(CCCN(C)C)c3=O)c1=O. The average Bonchev–Trinajstić information content (AvgIpc) is 3.31. The van der Waals surface area contributed by atoms with Crippen LogP contribution in [0.3, 0.4) is 0 Å². The number of hydrogen-bond donors (Lipinski definition) is 2. The molecule has 4 aromatic rings. The minimum Gasteiger partial charge on any atom is -0.494 e. The van der Waals surface area contributed by atoms with E-state index in [4.69, 9.17) is 9.98 Å². The van der Waals surface area contributed by atoms with E-state index >= 15 is 0 Å². The summed E-state index contributed by atoms with van der Waals surface area (Å²) in [6, 6.07) is 9.73. The van der Waals surface area contributed by atoms with Crippen LogP contribution >= 0.6 is 0 Å². The van der Waals surface area contributed by atoms with E-state index in [0.717, 1.165) is 0 Å². The van der Waals surface area contributed by atoms with Crippen LogP contribution in [0.2, 0.25) is 0 Å². The number of pyridine rings is 4. The zero-order chi connectivity index (χ0) is 50.3. The molecule has 0 amide bonds. The highest BCUT2D eigenvalue weighted by Crippen LogP contribution is 2.38. The first-order chi connectivity index (χ1) is 33.4. The fourth-order valence-corrected chi connectivity index (χ4v) is 9.99. The minimum atomic E-state index is -0.486. The maximum atomic E-state index is 14.5. The van der Waals surface area contributed by atoms with Gasteiger partial charge in [-0.15, -0.1) is 0 Å². The van der Waals surface area contributed by atoms with E-state index in [-0.39, 0.29) is 94.4 Å². The Morgan fingerprint density at radius 2 is 0.714 bits per heavy atom. The summed E-state index contributed by atoms with van der Waals surface area (Å²) in [6.07, 6.45) is 3.24. The Morgan fingerprint density at radius 3 is 1.04 bits per heavy atom. The Morgan fingerprint density at radius 1 is 0.400 bits per heavy atom. The van der Waals surface area contributed by atoms with Crippen molar-refractivity contribution in [3.05, 3.63) is 109 Å². The topological polar surface area (TPSA) is 200 Å². The van der Waals surface area contributed by atoms with Crippen LogP contribution in [-0.4, -0.2) is 144 Å². The monoisotopic (exact) mass is 956 g/mol. The highest BCUT2D eigenvalue weighted by molar-refractivity contribution is 6.16. The molecular formula is C52H64N10O8. The number of unbranched alkanes of at least 4 members (excludes halogenated alkanes) is 1. The van der Waals surface area contributed by atoms with Crippen LogP contribution in [0.25, 0.3) is 65.3 Å². The molecule has 2 aliphatic carbocycles. The Hall–Kier alpha value is -6.60. The zero-order valence-electron chi connectivity index (χ0n) is 41.6. The van der Waals surface area contributed by atoms with Crippen LogP contribution in [-0.2, 0) is 26.2 Å². The van der Waals surface area contributed by atoms with Gasteiger partial charge in [0.05, 0.1) is 32.6 Å². The average molecular weight is 957 g/mol. The molecule has 0 fully saturated rings. The predicted octanol–water partition coefficient (Wildman–Crippen LogP) is 2.13. The number of aromatic nitrogens is 4. The van der Waals surface area contributed by atoms with Gasteiger partial charge in [0, 0.05) is 82.7 Å². The molecule has 0 bridgehead atoms. The molecule has 18 nitrogen and oxygen atoms in total. The van der Waals surface area contributed by atoms with E-state index in [1.807, 2.05) is 76.0 Å². The standard InChI is InChI=1S/C52H64N10O8/c1-55(2)21-11-25-59-45(63)31-15-17-33-41-39(31)35(49(59)67)29-37(43(41)51(69)61(47(33)65)27-13-23-57(5)6)53-19-9-10-20-54-38-30-36-40-32(46(64)60(50(36)68)26-12-22-56(3)4)16-18-34-42(40)44(38)52(70)62(48(34)66)28-14-24-58(7)8/h15-18,29-30,65-66H,9-14,19-28H2,1-8H3. The van der Waals surface area contributed by atoms with E-state index in [0.29, 0.717) is 97.4 Å². The molecule has 18 heteroatoms. The lowest BCUT2D eigenvalue weighted by molar-refractivity contribution is 0.365. The summed E-state index contributed by atoms with van der Waals surface area (Å²) in [4.78, 5) is 103. The summed E-state index contributed by atoms with van der Waals surface area (Å²) in [7, 11) is 15.4. The zero-order valence-corrected chi connectivity index (χ0v) is 41.6. The van der Waals surface area contributed by atoms with Crippen molar-refractivity contribution < 1.29 is 10.2 Å². The van der Waals surface area contributed by atoms with E-state index in [1.165, 1.54) is 18.3 Å². The summed E-state index contributed by atoms with van der Waals surface area (Å²) < 4.78 is 5.17.